The summed E-state index contributed by atoms with van der Waals surface area (Å²) in [5, 5.41) is 3.39. The lowest BCUT2D eigenvalue weighted by Gasteiger charge is -2.33. The average molecular weight is 368 g/mol. The van der Waals surface area contributed by atoms with Crippen LogP contribution < -0.4 is 5.32 Å². The number of hydrogen-bond acceptors (Lipinski definition) is 4. The minimum Gasteiger partial charge on any atom is -0.312 e. The van der Waals surface area contributed by atoms with Crippen molar-refractivity contribution in [2.24, 2.45) is 0 Å². The van der Waals surface area contributed by atoms with Gasteiger partial charge < -0.3 is 5.32 Å². The average Bonchev–Trinajstić information content (AvgIpc) is 2.68. The molecule has 6 heteroatoms. The molecule has 1 heterocycles. The van der Waals surface area contributed by atoms with E-state index < -0.39 is 14.6 Å². The van der Waals surface area contributed by atoms with E-state index in [1.165, 1.54) is 11.1 Å². The Balaban J connectivity index is 2.94. The molecule has 1 aromatic rings. The van der Waals surface area contributed by atoms with Gasteiger partial charge in [-0.3, -0.25) is 0 Å². The number of hydrogen-bond donors (Lipinski definition) is 1. The molecule has 0 radical (unpaired) electrons. The molecule has 1 rings (SSSR count). The van der Waals surface area contributed by atoms with E-state index >= 15 is 0 Å². The van der Waals surface area contributed by atoms with E-state index in [2.05, 4.69) is 28.2 Å². The van der Waals surface area contributed by atoms with Gasteiger partial charge in [0, 0.05) is 17.2 Å². The highest BCUT2D eigenvalue weighted by molar-refractivity contribution is 9.11. The molecule has 0 amide bonds. The van der Waals surface area contributed by atoms with E-state index in [1.54, 1.807) is 25.2 Å². The molecule has 1 N–H and O–H groups in total. The summed E-state index contributed by atoms with van der Waals surface area (Å²) in [4.78, 5) is 1.19. The maximum Gasteiger partial charge on any atom is 0.154 e. The van der Waals surface area contributed by atoms with Crippen LogP contribution in [0.25, 0.3) is 0 Å². The van der Waals surface area contributed by atoms with Gasteiger partial charge in [0.1, 0.15) is 0 Å². The third-order valence-electron chi connectivity index (χ3n) is 3.47. The fourth-order valence-corrected chi connectivity index (χ4v) is 4.02. The molecule has 0 bridgehead atoms. The number of nitrogens with one attached hydrogen (secondary N) is 1. The normalized spacial score (nSPS) is 14.6. The number of rotatable bonds is 7. The Kier molecular flexibility index (Phi) is 6.04. The predicted octanol–water partition coefficient (Wildman–Crippen LogP) is 3.24. The van der Waals surface area contributed by atoms with Crippen molar-refractivity contribution in [3.8, 4) is 0 Å². The molecule has 1 atom stereocenters. The van der Waals surface area contributed by atoms with Gasteiger partial charge >= 0.3 is 0 Å². The highest BCUT2D eigenvalue weighted by Gasteiger charge is 2.38. The molecule has 1 unspecified atom stereocenters. The zero-order chi connectivity index (χ0) is 14.7. The largest absolute Gasteiger partial charge is 0.312 e. The topological polar surface area (TPSA) is 46.2 Å². The second-order valence-electron chi connectivity index (χ2n) is 5.29. The molecule has 110 valence electrons. The van der Waals surface area contributed by atoms with Crippen molar-refractivity contribution in [1.82, 2.24) is 5.32 Å². The lowest BCUT2D eigenvalue weighted by atomic mass is 9.99. The SMILES string of the molecule is CCCNC(Cc1ccc(Br)s1)C(C)(C)S(C)(=O)=O. The molecule has 3 nitrogen and oxygen atoms in total. The van der Waals surface area contributed by atoms with Gasteiger partial charge in [-0.25, -0.2) is 8.42 Å². The third-order valence-corrected chi connectivity index (χ3v) is 7.31. The summed E-state index contributed by atoms with van der Waals surface area (Å²) in [6.07, 6.45) is 3.04. The molecule has 0 spiro atoms. The van der Waals surface area contributed by atoms with Crippen LogP contribution in [0.15, 0.2) is 15.9 Å². The van der Waals surface area contributed by atoms with Crippen LogP contribution in [0.4, 0.5) is 0 Å². The van der Waals surface area contributed by atoms with Crippen molar-refractivity contribution in [3.63, 3.8) is 0 Å². The molecular weight excluding hydrogens is 346 g/mol. The third kappa shape index (κ3) is 4.55. The molecule has 0 saturated carbocycles. The maximum absolute atomic E-state index is 12.0. The summed E-state index contributed by atoms with van der Waals surface area (Å²) in [5.74, 6) is 0. The Bertz CT molecular complexity index is 508. The van der Waals surface area contributed by atoms with Crippen LogP contribution in [0.2, 0.25) is 0 Å². The first-order valence-electron chi connectivity index (χ1n) is 6.35. The van der Waals surface area contributed by atoms with E-state index in [1.807, 2.05) is 12.1 Å². The van der Waals surface area contributed by atoms with E-state index in [0.29, 0.717) is 0 Å². The fourth-order valence-electron chi connectivity index (χ4n) is 1.80. The van der Waals surface area contributed by atoms with Crippen LogP contribution in [0.5, 0.6) is 0 Å². The quantitative estimate of drug-likeness (QED) is 0.804. The molecule has 19 heavy (non-hydrogen) atoms. The van der Waals surface area contributed by atoms with Crippen molar-refractivity contribution in [1.29, 1.82) is 0 Å². The molecule has 1 aromatic heterocycles. The Hall–Kier alpha value is 0.0900. The number of sulfone groups is 1. The first-order chi connectivity index (χ1) is 8.68. The predicted molar refractivity (Wildman–Crippen MR) is 86.7 cm³/mol. The fraction of sp³-hybridized carbons (Fsp3) is 0.692. The zero-order valence-electron chi connectivity index (χ0n) is 11.9. The molecular formula is C13H22BrNO2S2. The van der Waals surface area contributed by atoms with Crippen LogP contribution in [0, 0.1) is 0 Å². The van der Waals surface area contributed by atoms with Crippen molar-refractivity contribution in [2.75, 3.05) is 12.8 Å². The van der Waals surface area contributed by atoms with Crippen molar-refractivity contribution < 1.29 is 8.42 Å². The van der Waals surface area contributed by atoms with Gasteiger partial charge in [0.15, 0.2) is 9.84 Å². The Labute approximate surface area is 128 Å². The van der Waals surface area contributed by atoms with E-state index in [4.69, 9.17) is 0 Å². The summed E-state index contributed by atoms with van der Waals surface area (Å²) >= 11 is 5.10. The van der Waals surface area contributed by atoms with E-state index in [-0.39, 0.29) is 6.04 Å². The van der Waals surface area contributed by atoms with Gasteiger partial charge in [0.25, 0.3) is 0 Å². The lowest BCUT2D eigenvalue weighted by Crippen LogP contribution is -2.52. The van der Waals surface area contributed by atoms with Gasteiger partial charge in [0.05, 0.1) is 8.53 Å². The summed E-state index contributed by atoms with van der Waals surface area (Å²) in [6.45, 7) is 6.52. The van der Waals surface area contributed by atoms with E-state index in [0.717, 1.165) is 23.2 Å². The van der Waals surface area contributed by atoms with Gasteiger partial charge in [-0.2, -0.15) is 0 Å². The van der Waals surface area contributed by atoms with Crippen LogP contribution in [0.3, 0.4) is 0 Å². The molecule has 0 aromatic carbocycles. The number of thiophene rings is 1. The van der Waals surface area contributed by atoms with Gasteiger partial charge in [0.2, 0.25) is 0 Å². The van der Waals surface area contributed by atoms with Gasteiger partial charge in [-0.15, -0.1) is 11.3 Å². The monoisotopic (exact) mass is 367 g/mol. The van der Waals surface area contributed by atoms with Crippen LogP contribution >= 0.6 is 27.3 Å². The summed E-state index contributed by atoms with van der Waals surface area (Å²) in [7, 11) is -3.11. The first kappa shape index (κ1) is 17.1. The van der Waals surface area contributed by atoms with Crippen molar-refractivity contribution in [2.45, 2.75) is 44.4 Å². The van der Waals surface area contributed by atoms with Crippen LogP contribution in [-0.2, 0) is 16.3 Å². The second kappa shape index (κ2) is 6.70. The standard InChI is InChI=1S/C13H22BrNO2S2/c1-5-8-15-11(13(2,3)19(4,16)17)9-10-6-7-12(14)18-10/h6-7,11,15H,5,8-9H2,1-4H3. The summed E-state index contributed by atoms with van der Waals surface area (Å²) in [5.41, 5.74) is 0. The van der Waals surface area contributed by atoms with Crippen LogP contribution in [0.1, 0.15) is 32.1 Å². The molecule has 0 aliphatic heterocycles. The van der Waals surface area contributed by atoms with Gasteiger partial charge in [-0.1, -0.05) is 6.92 Å². The summed E-state index contributed by atoms with van der Waals surface area (Å²) < 4.78 is 24.3. The van der Waals surface area contributed by atoms with Crippen molar-refractivity contribution in [3.05, 3.63) is 20.8 Å². The smallest absolute Gasteiger partial charge is 0.154 e. The first-order valence-corrected chi connectivity index (χ1v) is 9.85. The van der Waals surface area contributed by atoms with Crippen LogP contribution in [-0.4, -0.2) is 32.0 Å². The second-order valence-corrected chi connectivity index (χ2v) is 10.4. The highest BCUT2D eigenvalue weighted by atomic mass is 79.9. The maximum atomic E-state index is 12.0. The molecule has 0 aliphatic rings. The highest BCUT2D eigenvalue weighted by Crippen LogP contribution is 2.28. The summed E-state index contributed by atoms with van der Waals surface area (Å²) in [6, 6.07) is 3.98. The van der Waals surface area contributed by atoms with E-state index in [9.17, 15) is 8.42 Å². The Morgan fingerprint density at radius 2 is 2.05 bits per heavy atom. The Morgan fingerprint density at radius 3 is 2.47 bits per heavy atom. The zero-order valence-corrected chi connectivity index (χ0v) is 15.1. The van der Waals surface area contributed by atoms with Crippen molar-refractivity contribution >= 4 is 37.1 Å². The minimum atomic E-state index is -3.11. The lowest BCUT2D eigenvalue weighted by molar-refractivity contribution is 0.408. The minimum absolute atomic E-state index is 0.0759. The molecule has 0 aliphatic carbocycles. The molecule has 0 saturated heterocycles. The number of halogens is 1. The Morgan fingerprint density at radius 1 is 1.42 bits per heavy atom. The van der Waals surface area contributed by atoms with Gasteiger partial charge in [-0.05, 0) is 61.3 Å². The molecule has 0 fully saturated rings.